The van der Waals surface area contributed by atoms with E-state index in [-0.39, 0.29) is 6.61 Å². The van der Waals surface area contributed by atoms with E-state index in [0.29, 0.717) is 0 Å². The zero-order valence-corrected chi connectivity index (χ0v) is 6.98. The second kappa shape index (κ2) is 5.03. The van der Waals surface area contributed by atoms with Crippen molar-refractivity contribution in [1.29, 1.82) is 0 Å². The molecule has 0 amide bonds. The largest absolute Gasteiger partial charge is 0.465 e. The summed E-state index contributed by atoms with van der Waals surface area (Å²) in [7, 11) is 0. The number of ether oxygens (including phenoxy) is 1. The lowest BCUT2D eigenvalue weighted by atomic mass is 10.3. The van der Waals surface area contributed by atoms with Crippen molar-refractivity contribution in [2.24, 2.45) is 0 Å². The fourth-order valence-electron chi connectivity index (χ4n) is 0.442. The Balaban J connectivity index is 4.10. The van der Waals surface area contributed by atoms with E-state index in [1.807, 2.05) is 0 Å². The quantitative estimate of drug-likeness (QED) is 0.386. The minimum atomic E-state index is -3.24. The van der Waals surface area contributed by atoms with Crippen molar-refractivity contribution < 1.29 is 23.1 Å². The molecule has 3 nitrogen and oxygen atoms in total. The van der Waals surface area contributed by atoms with Crippen LogP contribution in [0.15, 0.2) is 0 Å². The molecule has 0 aromatic heterocycles. The number of halogens is 3. The Labute approximate surface area is 72.6 Å². The second-order valence-electron chi connectivity index (χ2n) is 1.82. The first-order chi connectivity index (χ1) is 5.50. The summed E-state index contributed by atoms with van der Waals surface area (Å²) in [5.41, 5.74) is 0. The molecule has 0 aliphatic rings. The molecule has 0 fully saturated rings. The Morgan fingerprint density at radius 3 is 2.33 bits per heavy atom. The molecule has 1 atom stereocenters. The van der Waals surface area contributed by atoms with Gasteiger partial charge in [0.2, 0.25) is 5.78 Å². The predicted octanol–water partition coefficient (Wildman–Crippen LogP) is 0.991. The molecular formula is C6H7ClF2O3. The zero-order chi connectivity index (χ0) is 9.72. The minimum Gasteiger partial charge on any atom is -0.465 e. The van der Waals surface area contributed by atoms with Gasteiger partial charge in [0.25, 0.3) is 6.43 Å². The van der Waals surface area contributed by atoms with Crippen LogP contribution >= 0.6 is 11.6 Å². The summed E-state index contributed by atoms with van der Waals surface area (Å²) in [6, 6.07) is 0. The molecule has 0 spiro atoms. The third kappa shape index (κ3) is 3.13. The third-order valence-corrected chi connectivity index (χ3v) is 1.35. The number of hydrogen-bond acceptors (Lipinski definition) is 3. The van der Waals surface area contributed by atoms with Gasteiger partial charge >= 0.3 is 5.97 Å². The van der Waals surface area contributed by atoms with Crippen LogP contribution < -0.4 is 0 Å². The van der Waals surface area contributed by atoms with Gasteiger partial charge in [-0.05, 0) is 6.92 Å². The van der Waals surface area contributed by atoms with E-state index in [1.54, 1.807) is 0 Å². The van der Waals surface area contributed by atoms with Gasteiger partial charge in [0.05, 0.1) is 6.61 Å². The van der Waals surface area contributed by atoms with Crippen LogP contribution in [0.3, 0.4) is 0 Å². The van der Waals surface area contributed by atoms with Crippen molar-refractivity contribution >= 4 is 23.4 Å². The average molecular weight is 201 g/mol. The molecule has 0 bridgehead atoms. The van der Waals surface area contributed by atoms with E-state index in [4.69, 9.17) is 11.6 Å². The number of carbonyl (C=O) groups excluding carboxylic acids is 2. The second-order valence-corrected chi connectivity index (χ2v) is 2.25. The summed E-state index contributed by atoms with van der Waals surface area (Å²) in [5, 5.41) is -1.90. The summed E-state index contributed by atoms with van der Waals surface area (Å²) in [4.78, 5) is 21.0. The van der Waals surface area contributed by atoms with Gasteiger partial charge in [-0.1, -0.05) is 0 Å². The van der Waals surface area contributed by atoms with Crippen LogP contribution in [0.4, 0.5) is 8.78 Å². The van der Waals surface area contributed by atoms with Crippen LogP contribution in [0.2, 0.25) is 0 Å². The minimum absolute atomic E-state index is 0.00142. The Morgan fingerprint density at radius 1 is 1.50 bits per heavy atom. The summed E-state index contributed by atoms with van der Waals surface area (Å²) >= 11 is 5.05. The number of alkyl halides is 3. The highest BCUT2D eigenvalue weighted by Crippen LogP contribution is 2.07. The highest BCUT2D eigenvalue weighted by atomic mass is 35.5. The summed E-state index contributed by atoms with van der Waals surface area (Å²) < 4.78 is 27.5. The maximum Gasteiger partial charge on any atom is 0.331 e. The van der Waals surface area contributed by atoms with Crippen LogP contribution in [0, 0.1) is 0 Å². The first-order valence-corrected chi connectivity index (χ1v) is 3.57. The number of hydrogen-bond donors (Lipinski definition) is 0. The molecular weight excluding hydrogens is 194 g/mol. The molecule has 0 rings (SSSR count). The van der Waals surface area contributed by atoms with Gasteiger partial charge in [0.1, 0.15) is 0 Å². The van der Waals surface area contributed by atoms with Crippen LogP contribution in [0.5, 0.6) is 0 Å². The Hall–Kier alpha value is -0.710. The molecule has 0 radical (unpaired) electrons. The van der Waals surface area contributed by atoms with Crippen molar-refractivity contribution in [3.05, 3.63) is 0 Å². The highest BCUT2D eigenvalue weighted by molar-refractivity contribution is 6.41. The highest BCUT2D eigenvalue weighted by Gasteiger charge is 2.31. The van der Waals surface area contributed by atoms with E-state index in [2.05, 4.69) is 4.74 Å². The maximum absolute atomic E-state index is 11.6. The molecule has 0 aliphatic carbocycles. The fraction of sp³-hybridized carbons (Fsp3) is 0.667. The normalized spacial score (nSPS) is 12.8. The fourth-order valence-corrected chi connectivity index (χ4v) is 0.600. The van der Waals surface area contributed by atoms with E-state index in [9.17, 15) is 18.4 Å². The Bertz CT molecular complexity index is 184. The smallest absolute Gasteiger partial charge is 0.331 e. The molecule has 0 N–H and O–H groups in total. The van der Waals surface area contributed by atoms with Crippen molar-refractivity contribution in [2.45, 2.75) is 18.7 Å². The molecule has 0 saturated heterocycles. The van der Waals surface area contributed by atoms with Crippen molar-refractivity contribution in [1.82, 2.24) is 0 Å². The standard InChI is InChI=1S/C6H7ClF2O3/c1-2-12-6(11)3(7)4(10)5(8)9/h3,5H,2H2,1H3/t3-/m1/s1. The van der Waals surface area contributed by atoms with Crippen LogP contribution in [-0.4, -0.2) is 30.2 Å². The van der Waals surface area contributed by atoms with Crippen LogP contribution in [0.25, 0.3) is 0 Å². The number of Topliss-reactive ketones (excluding diaryl/α,β-unsaturated/α-hetero) is 1. The molecule has 0 unspecified atom stereocenters. The van der Waals surface area contributed by atoms with Crippen molar-refractivity contribution in [2.75, 3.05) is 6.61 Å². The summed E-state index contributed by atoms with van der Waals surface area (Å²) in [6.45, 7) is 1.48. The van der Waals surface area contributed by atoms with Crippen LogP contribution in [0.1, 0.15) is 6.92 Å². The van der Waals surface area contributed by atoms with Gasteiger partial charge in [0, 0.05) is 0 Å². The molecule has 12 heavy (non-hydrogen) atoms. The molecule has 6 heteroatoms. The van der Waals surface area contributed by atoms with Gasteiger partial charge < -0.3 is 4.74 Å². The molecule has 0 aromatic carbocycles. The van der Waals surface area contributed by atoms with Gasteiger partial charge in [-0.15, -0.1) is 11.6 Å². The van der Waals surface area contributed by atoms with E-state index in [0.717, 1.165) is 0 Å². The SMILES string of the molecule is CCOC(=O)[C@H](Cl)C(=O)C(F)F. The molecule has 0 aromatic rings. The van der Waals surface area contributed by atoms with Crippen LogP contribution in [-0.2, 0) is 14.3 Å². The lowest BCUT2D eigenvalue weighted by Gasteiger charge is -2.05. The van der Waals surface area contributed by atoms with E-state index >= 15 is 0 Å². The number of esters is 1. The Kier molecular flexibility index (Phi) is 4.73. The Morgan fingerprint density at radius 2 is 2.00 bits per heavy atom. The van der Waals surface area contributed by atoms with E-state index < -0.39 is 23.6 Å². The van der Waals surface area contributed by atoms with Gasteiger partial charge in [-0.25, -0.2) is 13.6 Å². The average Bonchev–Trinajstić information content (AvgIpc) is 2.02. The monoisotopic (exact) mass is 200 g/mol. The molecule has 0 heterocycles. The molecule has 0 saturated carbocycles. The first-order valence-electron chi connectivity index (χ1n) is 3.13. The first kappa shape index (κ1) is 11.3. The lowest BCUT2D eigenvalue weighted by Crippen LogP contribution is -2.31. The zero-order valence-electron chi connectivity index (χ0n) is 6.22. The topological polar surface area (TPSA) is 43.4 Å². The number of ketones is 1. The molecule has 0 aliphatic heterocycles. The molecule has 70 valence electrons. The van der Waals surface area contributed by atoms with Gasteiger partial charge in [-0.3, -0.25) is 4.79 Å². The summed E-state index contributed by atoms with van der Waals surface area (Å²) in [5.74, 6) is -2.76. The van der Waals surface area contributed by atoms with E-state index in [1.165, 1.54) is 6.92 Å². The van der Waals surface area contributed by atoms with Crippen molar-refractivity contribution in [3.63, 3.8) is 0 Å². The predicted molar refractivity (Wildman–Crippen MR) is 37.3 cm³/mol. The van der Waals surface area contributed by atoms with Crippen molar-refractivity contribution in [3.8, 4) is 0 Å². The van der Waals surface area contributed by atoms with Gasteiger partial charge in [-0.2, -0.15) is 0 Å². The maximum atomic E-state index is 11.6. The third-order valence-electron chi connectivity index (χ3n) is 0.958. The summed E-state index contributed by atoms with van der Waals surface area (Å²) in [6.07, 6.45) is -3.24. The number of carbonyl (C=O) groups is 2. The number of rotatable bonds is 4. The lowest BCUT2D eigenvalue weighted by molar-refractivity contribution is -0.147. The van der Waals surface area contributed by atoms with Gasteiger partial charge in [0.15, 0.2) is 5.38 Å².